The lowest BCUT2D eigenvalue weighted by Crippen LogP contribution is -2.31. The number of hydrogen-bond donors (Lipinski definition) is 0. The van der Waals surface area contributed by atoms with E-state index in [2.05, 4.69) is 4.98 Å². The molecule has 3 nitrogen and oxygen atoms in total. The summed E-state index contributed by atoms with van der Waals surface area (Å²) in [6.45, 7) is -1.16. The largest absolute Gasteiger partial charge is 0.437 e. The molecule has 3 aromatic heterocycles. The van der Waals surface area contributed by atoms with E-state index in [1.54, 1.807) is 12.1 Å². The van der Waals surface area contributed by atoms with Crippen LogP contribution in [0.1, 0.15) is 30.6 Å². The number of furan rings is 1. The van der Waals surface area contributed by atoms with Gasteiger partial charge >= 0.3 is 0 Å². The molecule has 0 aliphatic heterocycles. The molecule has 0 aliphatic rings. The highest BCUT2D eigenvalue weighted by Crippen LogP contribution is 2.41. The molecule has 5 rings (SSSR count). The summed E-state index contributed by atoms with van der Waals surface area (Å²) in [6.07, 6.45) is 1.86. The van der Waals surface area contributed by atoms with Crippen LogP contribution in [0.4, 0.5) is 0 Å². The SMILES string of the molecule is [2H]C([2H])([2H])c1cccc(C([2H])([2H])[2H])c1-c1ccc[n+](C)c1-c1c(C)ccc2c1oc1nc(C)ccc12. The molecule has 5 aromatic rings. The van der Waals surface area contributed by atoms with Crippen LogP contribution in [0.15, 0.2) is 65.2 Å². The molecule has 0 spiro atoms. The van der Waals surface area contributed by atoms with Crippen molar-refractivity contribution in [3.05, 3.63) is 83.2 Å². The molecular formula is C27H25N2O+. The Balaban J connectivity index is 1.95. The summed E-state index contributed by atoms with van der Waals surface area (Å²) < 4.78 is 57.2. The molecule has 0 bridgehead atoms. The van der Waals surface area contributed by atoms with E-state index in [9.17, 15) is 0 Å². The third-order valence-corrected chi connectivity index (χ3v) is 5.61. The standard InChI is InChI=1S/C27H25N2O/c1-16-8-6-9-17(2)23(16)22-10-7-15-29(5)25(22)24-18(3)11-13-20-21-14-12-19(4)28-27(21)30-26(20)24/h6-15H,1-5H3/q+1/i1D3,2D3. The van der Waals surface area contributed by atoms with Gasteiger partial charge in [-0.2, -0.15) is 0 Å². The van der Waals surface area contributed by atoms with E-state index in [-0.39, 0.29) is 16.7 Å². The average Bonchev–Trinajstić information content (AvgIpc) is 3.15. The van der Waals surface area contributed by atoms with Crippen molar-refractivity contribution in [2.24, 2.45) is 7.05 Å². The van der Waals surface area contributed by atoms with Crippen molar-refractivity contribution in [1.29, 1.82) is 0 Å². The fourth-order valence-corrected chi connectivity index (χ4v) is 4.17. The number of aryl methyl sites for hydroxylation is 5. The van der Waals surface area contributed by atoms with Crippen molar-refractivity contribution in [1.82, 2.24) is 4.98 Å². The van der Waals surface area contributed by atoms with Crippen LogP contribution in [-0.4, -0.2) is 4.98 Å². The zero-order valence-corrected chi connectivity index (χ0v) is 17.1. The van der Waals surface area contributed by atoms with E-state index in [0.717, 1.165) is 27.6 Å². The Kier molecular flexibility index (Phi) is 2.94. The van der Waals surface area contributed by atoms with Gasteiger partial charge in [-0.05, 0) is 68.0 Å². The predicted molar refractivity (Wildman–Crippen MR) is 123 cm³/mol. The molecule has 148 valence electrons. The van der Waals surface area contributed by atoms with E-state index >= 15 is 0 Å². The molecule has 0 amide bonds. The fourth-order valence-electron chi connectivity index (χ4n) is 4.17. The molecule has 0 N–H and O–H groups in total. The predicted octanol–water partition coefficient (Wildman–Crippen LogP) is 6.37. The fraction of sp³-hybridized carbons (Fsp3) is 0.185. The van der Waals surface area contributed by atoms with Gasteiger partial charge < -0.3 is 4.42 Å². The summed E-state index contributed by atoms with van der Waals surface area (Å²) in [6, 6.07) is 15.9. The molecule has 0 radical (unpaired) electrons. The minimum atomic E-state index is -2.51. The second-order valence-corrected chi connectivity index (χ2v) is 7.65. The highest BCUT2D eigenvalue weighted by Gasteiger charge is 2.26. The van der Waals surface area contributed by atoms with E-state index in [4.69, 9.17) is 12.6 Å². The number of fused-ring (bicyclic) bond motifs is 3. The van der Waals surface area contributed by atoms with Crippen LogP contribution in [-0.2, 0) is 7.05 Å². The van der Waals surface area contributed by atoms with Crippen LogP contribution in [0.5, 0.6) is 0 Å². The van der Waals surface area contributed by atoms with Gasteiger partial charge in [0, 0.05) is 30.8 Å². The number of pyridine rings is 2. The smallest absolute Gasteiger partial charge is 0.227 e. The first-order valence-corrected chi connectivity index (χ1v) is 9.81. The van der Waals surface area contributed by atoms with Crippen LogP contribution < -0.4 is 4.57 Å². The zero-order valence-electron chi connectivity index (χ0n) is 23.1. The van der Waals surface area contributed by atoms with Crippen molar-refractivity contribution in [3.8, 4) is 22.4 Å². The van der Waals surface area contributed by atoms with Gasteiger partial charge in [-0.1, -0.05) is 30.3 Å². The van der Waals surface area contributed by atoms with E-state index in [1.165, 1.54) is 18.2 Å². The third kappa shape index (κ3) is 2.73. The number of aromatic nitrogens is 2. The van der Waals surface area contributed by atoms with Gasteiger partial charge in [0.05, 0.1) is 11.1 Å². The molecule has 3 heteroatoms. The van der Waals surface area contributed by atoms with Crippen LogP contribution in [0.25, 0.3) is 44.5 Å². The topological polar surface area (TPSA) is 29.9 Å². The first kappa shape index (κ1) is 13.0. The van der Waals surface area contributed by atoms with Gasteiger partial charge in [-0.15, -0.1) is 0 Å². The van der Waals surface area contributed by atoms with Crippen LogP contribution >= 0.6 is 0 Å². The molecule has 0 saturated carbocycles. The summed E-state index contributed by atoms with van der Waals surface area (Å²) in [5.74, 6) is 0. The Morgan fingerprint density at radius 1 is 0.833 bits per heavy atom. The van der Waals surface area contributed by atoms with E-state index in [1.807, 2.05) is 55.9 Å². The normalized spacial score (nSPS) is 15.3. The quantitative estimate of drug-likeness (QED) is 0.323. The number of hydrogen-bond acceptors (Lipinski definition) is 2. The van der Waals surface area contributed by atoms with Gasteiger partial charge in [0.15, 0.2) is 11.8 Å². The Morgan fingerprint density at radius 2 is 1.60 bits per heavy atom. The summed E-state index contributed by atoms with van der Waals surface area (Å²) >= 11 is 0. The van der Waals surface area contributed by atoms with Crippen LogP contribution in [0.3, 0.4) is 0 Å². The molecule has 3 heterocycles. The highest BCUT2D eigenvalue weighted by atomic mass is 16.3. The minimum Gasteiger partial charge on any atom is -0.437 e. The summed E-state index contributed by atoms with van der Waals surface area (Å²) in [5.41, 5.74) is 5.00. The molecule has 2 aromatic carbocycles. The molecule has 0 saturated heterocycles. The molecule has 30 heavy (non-hydrogen) atoms. The van der Waals surface area contributed by atoms with Crippen LogP contribution in [0, 0.1) is 27.6 Å². The van der Waals surface area contributed by atoms with E-state index in [0.29, 0.717) is 22.6 Å². The first-order chi connectivity index (χ1) is 16.9. The summed E-state index contributed by atoms with van der Waals surface area (Å²) in [7, 11) is 1.86. The Hall–Kier alpha value is -3.46. The third-order valence-electron chi connectivity index (χ3n) is 5.61. The summed E-state index contributed by atoms with van der Waals surface area (Å²) in [4.78, 5) is 4.55. The monoisotopic (exact) mass is 399 g/mol. The molecule has 0 aliphatic carbocycles. The van der Waals surface area contributed by atoms with Gasteiger partial charge in [-0.25, -0.2) is 9.55 Å². The molecule has 0 atom stereocenters. The highest BCUT2D eigenvalue weighted by molar-refractivity contribution is 6.09. The Morgan fingerprint density at radius 3 is 2.37 bits per heavy atom. The Bertz CT molecular complexity index is 1610. The second kappa shape index (κ2) is 6.81. The van der Waals surface area contributed by atoms with Crippen LogP contribution in [0.2, 0.25) is 0 Å². The number of benzene rings is 2. The van der Waals surface area contributed by atoms with Gasteiger partial charge in [0.25, 0.3) is 0 Å². The van der Waals surface area contributed by atoms with Crippen molar-refractivity contribution >= 4 is 22.1 Å². The zero-order chi connectivity index (χ0) is 26.0. The number of nitrogens with zero attached hydrogens (tertiary/aromatic N) is 2. The number of rotatable bonds is 2. The average molecular weight is 400 g/mol. The lowest BCUT2D eigenvalue weighted by atomic mass is 9.90. The maximum Gasteiger partial charge on any atom is 0.227 e. The maximum atomic E-state index is 8.18. The maximum absolute atomic E-state index is 8.18. The lowest BCUT2D eigenvalue weighted by Gasteiger charge is -2.14. The van der Waals surface area contributed by atoms with Gasteiger partial charge in [-0.3, -0.25) is 0 Å². The van der Waals surface area contributed by atoms with E-state index < -0.39 is 13.7 Å². The molecule has 0 unspecified atom stereocenters. The second-order valence-electron chi connectivity index (χ2n) is 7.65. The van der Waals surface area contributed by atoms with Crippen molar-refractivity contribution < 1.29 is 17.2 Å². The Labute approximate surface area is 185 Å². The lowest BCUT2D eigenvalue weighted by molar-refractivity contribution is -0.659. The van der Waals surface area contributed by atoms with Crippen molar-refractivity contribution in [2.45, 2.75) is 27.6 Å². The molecular weight excluding hydrogens is 368 g/mol. The van der Waals surface area contributed by atoms with Gasteiger partial charge in [0.2, 0.25) is 11.4 Å². The van der Waals surface area contributed by atoms with Crippen molar-refractivity contribution in [3.63, 3.8) is 0 Å². The van der Waals surface area contributed by atoms with Crippen molar-refractivity contribution in [2.75, 3.05) is 0 Å². The summed E-state index contributed by atoms with van der Waals surface area (Å²) in [5, 5.41) is 1.76. The first-order valence-electron chi connectivity index (χ1n) is 12.8. The molecule has 0 fully saturated rings. The van der Waals surface area contributed by atoms with Gasteiger partial charge in [0.1, 0.15) is 7.05 Å². The minimum absolute atomic E-state index is 0.00435.